The third-order valence-corrected chi connectivity index (χ3v) is 6.61. The van der Waals surface area contributed by atoms with Crippen LogP contribution in [-0.2, 0) is 22.6 Å². The van der Waals surface area contributed by atoms with Gasteiger partial charge in [-0.05, 0) is 36.5 Å². The number of anilines is 1. The summed E-state index contributed by atoms with van der Waals surface area (Å²) in [5.74, 6) is 0.0606. The average Bonchev–Trinajstić information content (AvgIpc) is 3.47. The van der Waals surface area contributed by atoms with Gasteiger partial charge in [-0.15, -0.1) is 0 Å². The molecular formula is C24H27N3O2. The fourth-order valence-corrected chi connectivity index (χ4v) is 4.71. The van der Waals surface area contributed by atoms with Gasteiger partial charge in [-0.3, -0.25) is 14.5 Å². The largest absolute Gasteiger partial charge is 0.339 e. The van der Waals surface area contributed by atoms with Gasteiger partial charge in [0, 0.05) is 45.0 Å². The van der Waals surface area contributed by atoms with Crippen LogP contribution < -0.4 is 4.90 Å². The highest BCUT2D eigenvalue weighted by atomic mass is 16.2. The molecule has 0 bridgehead atoms. The Morgan fingerprint density at radius 2 is 1.48 bits per heavy atom. The van der Waals surface area contributed by atoms with Gasteiger partial charge in [0.2, 0.25) is 11.8 Å². The number of para-hydroxylation sites is 1. The van der Waals surface area contributed by atoms with E-state index in [9.17, 15) is 9.59 Å². The molecule has 2 amide bonds. The molecule has 0 atom stereocenters. The molecular weight excluding hydrogens is 362 g/mol. The lowest BCUT2D eigenvalue weighted by Gasteiger charge is -2.37. The summed E-state index contributed by atoms with van der Waals surface area (Å²) < 4.78 is 0. The van der Waals surface area contributed by atoms with E-state index >= 15 is 0 Å². The van der Waals surface area contributed by atoms with Crippen molar-refractivity contribution in [3.8, 4) is 0 Å². The lowest BCUT2D eigenvalue weighted by Crippen LogP contribution is -2.53. The Kier molecular flexibility index (Phi) is 4.63. The van der Waals surface area contributed by atoms with Gasteiger partial charge in [0.15, 0.2) is 0 Å². The molecule has 29 heavy (non-hydrogen) atoms. The monoisotopic (exact) mass is 389 g/mol. The van der Waals surface area contributed by atoms with Crippen LogP contribution in [-0.4, -0.2) is 54.3 Å². The minimum absolute atomic E-state index is 0.0131. The molecule has 5 rings (SSSR count). The smallest absolute Gasteiger partial charge is 0.242 e. The highest BCUT2D eigenvalue weighted by Crippen LogP contribution is 2.50. The first kappa shape index (κ1) is 18.4. The van der Waals surface area contributed by atoms with Crippen LogP contribution >= 0.6 is 0 Å². The van der Waals surface area contributed by atoms with Crippen molar-refractivity contribution in [2.45, 2.75) is 25.8 Å². The molecule has 1 aliphatic carbocycles. The zero-order valence-corrected chi connectivity index (χ0v) is 16.7. The Bertz CT molecular complexity index is 915. The molecule has 0 aromatic heterocycles. The lowest BCUT2D eigenvalue weighted by atomic mass is 10.0. The second kappa shape index (κ2) is 7.30. The average molecular weight is 389 g/mol. The van der Waals surface area contributed by atoms with Crippen LogP contribution in [0.5, 0.6) is 0 Å². The Morgan fingerprint density at radius 3 is 2.21 bits per heavy atom. The van der Waals surface area contributed by atoms with Crippen molar-refractivity contribution in [2.75, 3.05) is 37.6 Å². The van der Waals surface area contributed by atoms with E-state index < -0.39 is 5.41 Å². The summed E-state index contributed by atoms with van der Waals surface area (Å²) in [6.45, 7) is 4.74. The number of hydrogen-bond donors (Lipinski definition) is 0. The van der Waals surface area contributed by atoms with Crippen molar-refractivity contribution in [3.63, 3.8) is 0 Å². The zero-order chi connectivity index (χ0) is 19.8. The Labute approximate surface area is 171 Å². The third-order valence-electron chi connectivity index (χ3n) is 6.61. The number of amides is 2. The number of carbonyl (C=O) groups excluding carboxylic acids is 2. The van der Waals surface area contributed by atoms with Crippen molar-refractivity contribution in [1.29, 1.82) is 0 Å². The van der Waals surface area contributed by atoms with Gasteiger partial charge in [-0.2, -0.15) is 0 Å². The van der Waals surface area contributed by atoms with Crippen LogP contribution in [0.15, 0.2) is 54.6 Å². The maximum Gasteiger partial charge on any atom is 0.242 e. The predicted molar refractivity (Wildman–Crippen MR) is 112 cm³/mol. The maximum atomic E-state index is 13.3. The first-order chi connectivity index (χ1) is 14.2. The highest BCUT2D eigenvalue weighted by Gasteiger charge is 2.60. The number of fused-ring (bicyclic) bond motifs is 1. The summed E-state index contributed by atoms with van der Waals surface area (Å²) in [5, 5.41) is 0. The maximum absolute atomic E-state index is 13.3. The summed E-state index contributed by atoms with van der Waals surface area (Å²) in [6.07, 6.45) is 2.26. The summed E-state index contributed by atoms with van der Waals surface area (Å²) in [6, 6.07) is 18.5. The molecule has 2 aromatic carbocycles. The first-order valence-corrected chi connectivity index (χ1v) is 10.6. The van der Waals surface area contributed by atoms with E-state index in [2.05, 4.69) is 35.2 Å². The number of nitrogens with zero attached hydrogens (tertiary/aromatic N) is 3. The summed E-state index contributed by atoms with van der Waals surface area (Å²) in [7, 11) is 0. The number of piperazine rings is 1. The van der Waals surface area contributed by atoms with Crippen LogP contribution in [0.25, 0.3) is 0 Å². The molecule has 150 valence electrons. The number of benzene rings is 2. The molecule has 2 fully saturated rings. The van der Waals surface area contributed by atoms with Crippen molar-refractivity contribution < 1.29 is 9.59 Å². The van der Waals surface area contributed by atoms with Crippen LogP contribution in [0.3, 0.4) is 0 Å². The number of hydrogen-bond acceptors (Lipinski definition) is 3. The van der Waals surface area contributed by atoms with E-state index in [0.717, 1.165) is 31.7 Å². The SMILES string of the molecule is O=C(N1CCN(Cc2ccccc2)CC1)C1(C(=O)N2CCc3ccccc32)CC1. The van der Waals surface area contributed by atoms with Crippen molar-refractivity contribution >= 4 is 17.5 Å². The summed E-state index contributed by atoms with van der Waals surface area (Å²) in [4.78, 5) is 32.8. The molecule has 5 heteroatoms. The van der Waals surface area contributed by atoms with E-state index in [4.69, 9.17) is 0 Å². The van der Waals surface area contributed by atoms with Gasteiger partial charge in [-0.1, -0.05) is 48.5 Å². The summed E-state index contributed by atoms with van der Waals surface area (Å²) in [5.41, 5.74) is 2.69. The lowest BCUT2D eigenvalue weighted by molar-refractivity contribution is -0.144. The van der Waals surface area contributed by atoms with Crippen molar-refractivity contribution in [3.05, 3.63) is 65.7 Å². The van der Waals surface area contributed by atoms with Crippen molar-refractivity contribution in [2.24, 2.45) is 5.41 Å². The second-order valence-electron chi connectivity index (χ2n) is 8.47. The molecule has 1 saturated heterocycles. The van der Waals surface area contributed by atoms with Gasteiger partial charge >= 0.3 is 0 Å². The molecule has 1 saturated carbocycles. The van der Waals surface area contributed by atoms with E-state index in [1.807, 2.05) is 34.1 Å². The molecule has 2 aromatic rings. The molecule has 0 radical (unpaired) electrons. The first-order valence-electron chi connectivity index (χ1n) is 10.6. The van der Waals surface area contributed by atoms with Gasteiger partial charge in [-0.25, -0.2) is 0 Å². The van der Waals surface area contributed by atoms with Gasteiger partial charge in [0.05, 0.1) is 0 Å². The molecule has 2 aliphatic heterocycles. The van der Waals surface area contributed by atoms with Crippen LogP contribution in [0.4, 0.5) is 5.69 Å². The van der Waals surface area contributed by atoms with Gasteiger partial charge in [0.1, 0.15) is 5.41 Å². The second-order valence-corrected chi connectivity index (χ2v) is 8.47. The Hall–Kier alpha value is -2.66. The van der Waals surface area contributed by atoms with Crippen LogP contribution in [0.2, 0.25) is 0 Å². The molecule has 0 N–H and O–H groups in total. The van der Waals surface area contributed by atoms with E-state index in [1.165, 1.54) is 11.1 Å². The topological polar surface area (TPSA) is 43.9 Å². The zero-order valence-electron chi connectivity index (χ0n) is 16.7. The third kappa shape index (κ3) is 3.33. The minimum Gasteiger partial charge on any atom is -0.339 e. The van der Waals surface area contributed by atoms with Gasteiger partial charge in [0.25, 0.3) is 0 Å². The van der Waals surface area contributed by atoms with E-state index in [1.54, 1.807) is 0 Å². The Morgan fingerprint density at radius 1 is 0.793 bits per heavy atom. The standard InChI is InChI=1S/C24H27N3O2/c28-22(26-16-14-25(15-17-26)18-19-6-2-1-3-7-19)24(11-12-24)23(29)27-13-10-20-8-4-5-9-21(20)27/h1-9H,10-18H2. The molecule has 0 unspecified atom stereocenters. The fourth-order valence-electron chi connectivity index (χ4n) is 4.71. The number of carbonyl (C=O) groups is 2. The number of rotatable bonds is 4. The molecule has 5 nitrogen and oxygen atoms in total. The normalized spacial score (nSPS) is 20.4. The van der Waals surface area contributed by atoms with Gasteiger partial charge < -0.3 is 9.80 Å². The minimum atomic E-state index is -0.806. The highest BCUT2D eigenvalue weighted by molar-refractivity contribution is 6.14. The molecule has 3 aliphatic rings. The summed E-state index contributed by atoms with van der Waals surface area (Å²) >= 11 is 0. The Balaban J connectivity index is 1.23. The van der Waals surface area contributed by atoms with Crippen LogP contribution in [0, 0.1) is 5.41 Å². The predicted octanol–water partition coefficient (Wildman–Crippen LogP) is 2.70. The molecule has 2 heterocycles. The fraction of sp³-hybridized carbons (Fsp3) is 0.417. The van der Waals surface area contributed by atoms with E-state index in [-0.39, 0.29) is 11.8 Å². The quantitative estimate of drug-likeness (QED) is 0.756. The van der Waals surface area contributed by atoms with Crippen molar-refractivity contribution in [1.82, 2.24) is 9.80 Å². The molecule has 0 spiro atoms. The van der Waals surface area contributed by atoms with Crippen LogP contribution in [0.1, 0.15) is 24.0 Å². The van der Waals surface area contributed by atoms with E-state index in [0.29, 0.717) is 32.5 Å².